The van der Waals surface area contributed by atoms with Gasteiger partial charge in [-0.3, -0.25) is 5.32 Å². The maximum absolute atomic E-state index is 12.1. The molecule has 118 valence electrons. The predicted octanol–water partition coefficient (Wildman–Crippen LogP) is 2.54. The van der Waals surface area contributed by atoms with E-state index in [2.05, 4.69) is 15.5 Å². The first-order chi connectivity index (χ1) is 11.2. The molecule has 0 saturated heterocycles. The summed E-state index contributed by atoms with van der Waals surface area (Å²) in [6.45, 7) is 2.01. The second-order valence-corrected chi connectivity index (χ2v) is 5.16. The van der Waals surface area contributed by atoms with Crippen LogP contribution in [0.3, 0.4) is 0 Å². The highest BCUT2D eigenvalue weighted by Gasteiger charge is 2.22. The molecule has 1 N–H and O–H groups in total. The van der Waals surface area contributed by atoms with Crippen LogP contribution < -0.4 is 5.32 Å². The van der Waals surface area contributed by atoms with E-state index in [0.717, 1.165) is 16.3 Å². The number of hydrogen-bond acceptors (Lipinski definition) is 6. The number of methoxy groups -OCH3 is 1. The third-order valence-electron chi connectivity index (χ3n) is 3.57. The van der Waals surface area contributed by atoms with E-state index < -0.39 is 6.04 Å². The largest absolute Gasteiger partial charge is 0.468 e. The van der Waals surface area contributed by atoms with E-state index in [1.807, 2.05) is 42.5 Å². The van der Waals surface area contributed by atoms with Crippen LogP contribution in [0, 0.1) is 6.92 Å². The average molecular weight is 311 g/mol. The first-order valence-corrected chi connectivity index (χ1v) is 7.26. The Hall–Kier alpha value is -2.73. The van der Waals surface area contributed by atoms with Gasteiger partial charge in [-0.2, -0.15) is 0 Å². The molecule has 2 aromatic carbocycles. The van der Waals surface area contributed by atoms with E-state index >= 15 is 0 Å². The molecular weight excluding hydrogens is 294 g/mol. The van der Waals surface area contributed by atoms with Crippen molar-refractivity contribution in [1.82, 2.24) is 15.5 Å². The van der Waals surface area contributed by atoms with Crippen molar-refractivity contribution >= 4 is 16.7 Å². The number of hydrogen-bond donors (Lipinski definition) is 1. The van der Waals surface area contributed by atoms with Gasteiger partial charge in [-0.05, 0) is 22.4 Å². The normalized spacial score (nSPS) is 12.3. The Bertz CT molecular complexity index is 829. The average Bonchev–Trinajstić information content (AvgIpc) is 3.00. The quantitative estimate of drug-likeness (QED) is 0.730. The van der Waals surface area contributed by atoms with Crippen molar-refractivity contribution in [2.45, 2.75) is 19.5 Å². The summed E-state index contributed by atoms with van der Waals surface area (Å²) in [7, 11) is 1.37. The lowest BCUT2D eigenvalue weighted by Crippen LogP contribution is -2.29. The van der Waals surface area contributed by atoms with E-state index in [0.29, 0.717) is 11.8 Å². The molecule has 6 nitrogen and oxygen atoms in total. The van der Waals surface area contributed by atoms with Crippen molar-refractivity contribution in [2.24, 2.45) is 0 Å². The lowest BCUT2D eigenvalue weighted by Gasteiger charge is -2.16. The number of rotatable bonds is 5. The van der Waals surface area contributed by atoms with E-state index in [1.165, 1.54) is 7.11 Å². The summed E-state index contributed by atoms with van der Waals surface area (Å²) in [6.07, 6.45) is 0. The fraction of sp³-hybridized carbons (Fsp3) is 0.235. The minimum Gasteiger partial charge on any atom is -0.468 e. The Kier molecular flexibility index (Phi) is 4.34. The van der Waals surface area contributed by atoms with Crippen molar-refractivity contribution in [3.63, 3.8) is 0 Å². The molecule has 0 saturated carbocycles. The molecule has 3 rings (SSSR count). The number of nitrogens with zero attached hydrogens (tertiary/aromatic N) is 2. The standard InChI is InChI=1S/C17H17N3O3/c1-11-19-20-15(23-11)10-18-16(17(21)22-2)14-8-7-12-5-3-4-6-13(12)9-14/h3-9,16,18H,10H2,1-2H3. The van der Waals surface area contributed by atoms with Crippen LogP contribution in [0.2, 0.25) is 0 Å². The number of ether oxygens (including phenoxy) is 1. The topological polar surface area (TPSA) is 77.2 Å². The lowest BCUT2D eigenvalue weighted by molar-refractivity contribution is -0.143. The smallest absolute Gasteiger partial charge is 0.327 e. The van der Waals surface area contributed by atoms with E-state index in [-0.39, 0.29) is 12.5 Å². The molecule has 0 fully saturated rings. The number of aromatic nitrogens is 2. The molecule has 0 aliphatic rings. The van der Waals surface area contributed by atoms with Gasteiger partial charge in [0.15, 0.2) is 0 Å². The molecule has 1 aromatic heterocycles. The molecule has 0 aliphatic heterocycles. The Morgan fingerprint density at radius 1 is 1.22 bits per heavy atom. The molecule has 1 heterocycles. The maximum Gasteiger partial charge on any atom is 0.327 e. The van der Waals surface area contributed by atoms with Crippen LogP contribution in [-0.2, 0) is 16.1 Å². The van der Waals surface area contributed by atoms with Gasteiger partial charge in [-0.15, -0.1) is 10.2 Å². The first-order valence-electron chi connectivity index (χ1n) is 7.26. The van der Waals surface area contributed by atoms with Crippen molar-refractivity contribution in [3.05, 3.63) is 59.8 Å². The molecular formula is C17H17N3O3. The van der Waals surface area contributed by atoms with Crippen LogP contribution in [-0.4, -0.2) is 23.3 Å². The number of fused-ring (bicyclic) bond motifs is 1. The number of nitrogens with one attached hydrogen (secondary N) is 1. The third kappa shape index (κ3) is 3.37. The highest BCUT2D eigenvalue weighted by atomic mass is 16.5. The van der Waals surface area contributed by atoms with Crippen LogP contribution in [0.4, 0.5) is 0 Å². The van der Waals surface area contributed by atoms with Crippen LogP contribution in [0.5, 0.6) is 0 Å². The predicted molar refractivity (Wildman–Crippen MR) is 84.6 cm³/mol. The van der Waals surface area contributed by atoms with Crippen molar-refractivity contribution in [2.75, 3.05) is 7.11 Å². The molecule has 0 spiro atoms. The Labute approximate surface area is 133 Å². The number of benzene rings is 2. The summed E-state index contributed by atoms with van der Waals surface area (Å²) >= 11 is 0. The molecule has 1 atom stereocenters. The fourth-order valence-electron chi connectivity index (χ4n) is 2.44. The minimum absolute atomic E-state index is 0.285. The SMILES string of the molecule is COC(=O)C(NCc1nnc(C)o1)c1ccc2ccccc2c1. The van der Waals surface area contributed by atoms with Gasteiger partial charge in [-0.25, -0.2) is 4.79 Å². The zero-order chi connectivity index (χ0) is 16.2. The molecule has 0 aliphatic carbocycles. The highest BCUT2D eigenvalue weighted by molar-refractivity contribution is 5.85. The minimum atomic E-state index is -0.600. The molecule has 0 radical (unpaired) electrons. The maximum atomic E-state index is 12.1. The van der Waals surface area contributed by atoms with Crippen molar-refractivity contribution in [1.29, 1.82) is 0 Å². The second kappa shape index (κ2) is 6.58. The van der Waals surface area contributed by atoms with Gasteiger partial charge < -0.3 is 9.15 Å². The zero-order valence-corrected chi connectivity index (χ0v) is 12.9. The fourth-order valence-corrected chi connectivity index (χ4v) is 2.44. The summed E-state index contributed by atoms with van der Waals surface area (Å²) in [5, 5.41) is 13.0. The van der Waals surface area contributed by atoms with Gasteiger partial charge in [0.25, 0.3) is 0 Å². The zero-order valence-electron chi connectivity index (χ0n) is 12.9. The Balaban J connectivity index is 1.86. The first kappa shape index (κ1) is 15.2. The monoisotopic (exact) mass is 311 g/mol. The molecule has 0 bridgehead atoms. The van der Waals surface area contributed by atoms with E-state index in [1.54, 1.807) is 6.92 Å². The summed E-state index contributed by atoms with van der Waals surface area (Å²) in [6, 6.07) is 13.3. The molecule has 3 aromatic rings. The number of carbonyl (C=O) groups excluding carboxylic acids is 1. The lowest BCUT2D eigenvalue weighted by atomic mass is 10.0. The van der Waals surface area contributed by atoms with E-state index in [4.69, 9.17) is 9.15 Å². The van der Waals surface area contributed by atoms with Gasteiger partial charge in [0.2, 0.25) is 11.8 Å². The summed E-state index contributed by atoms with van der Waals surface area (Å²) in [5.74, 6) is 0.552. The molecule has 23 heavy (non-hydrogen) atoms. The molecule has 1 unspecified atom stereocenters. The Morgan fingerprint density at radius 3 is 2.70 bits per heavy atom. The second-order valence-electron chi connectivity index (χ2n) is 5.16. The summed E-state index contributed by atoms with van der Waals surface area (Å²) in [5.41, 5.74) is 0.826. The number of carbonyl (C=O) groups is 1. The van der Waals surface area contributed by atoms with Gasteiger partial charge in [0.05, 0.1) is 13.7 Å². The van der Waals surface area contributed by atoms with Crippen LogP contribution in [0.1, 0.15) is 23.4 Å². The van der Waals surface area contributed by atoms with Crippen LogP contribution in [0.25, 0.3) is 10.8 Å². The number of aryl methyl sites for hydroxylation is 1. The highest BCUT2D eigenvalue weighted by Crippen LogP contribution is 2.21. The van der Waals surface area contributed by atoms with Gasteiger partial charge in [0.1, 0.15) is 6.04 Å². The van der Waals surface area contributed by atoms with Gasteiger partial charge in [-0.1, -0.05) is 36.4 Å². The third-order valence-corrected chi connectivity index (χ3v) is 3.57. The van der Waals surface area contributed by atoms with Crippen molar-refractivity contribution < 1.29 is 13.9 Å². The molecule has 0 amide bonds. The Morgan fingerprint density at radius 2 is 2.00 bits per heavy atom. The number of esters is 1. The van der Waals surface area contributed by atoms with Crippen LogP contribution in [0.15, 0.2) is 46.9 Å². The van der Waals surface area contributed by atoms with Gasteiger partial charge >= 0.3 is 5.97 Å². The van der Waals surface area contributed by atoms with Crippen molar-refractivity contribution in [3.8, 4) is 0 Å². The summed E-state index contributed by atoms with van der Waals surface area (Å²) in [4.78, 5) is 12.1. The van der Waals surface area contributed by atoms with Gasteiger partial charge in [0, 0.05) is 6.92 Å². The molecule has 6 heteroatoms. The summed E-state index contributed by atoms with van der Waals surface area (Å²) < 4.78 is 10.2. The van der Waals surface area contributed by atoms with E-state index in [9.17, 15) is 4.79 Å². The van der Waals surface area contributed by atoms with Crippen LogP contribution >= 0.6 is 0 Å².